The first-order valence-corrected chi connectivity index (χ1v) is 4.66. The first-order chi connectivity index (χ1) is 5.70. The summed E-state index contributed by atoms with van der Waals surface area (Å²) in [5.74, 6) is 0. The summed E-state index contributed by atoms with van der Waals surface area (Å²) in [6.07, 6.45) is 2.47. The normalized spacial score (nSPS) is 36.8. The Morgan fingerprint density at radius 2 is 1.75 bits per heavy atom. The van der Waals surface area contributed by atoms with Crippen molar-refractivity contribution in [2.45, 2.75) is 18.9 Å². The van der Waals surface area contributed by atoms with Crippen LogP contribution in [0, 0.1) is 0 Å². The van der Waals surface area contributed by atoms with Crippen LogP contribution in [0.4, 0.5) is 0 Å². The molecule has 1 aliphatic heterocycles. The average molecular weight is 173 g/mol. The molecule has 3 N–H and O–H groups in total. The second kappa shape index (κ2) is 4.18. The summed E-state index contributed by atoms with van der Waals surface area (Å²) in [7, 11) is 6.21. The Kier molecular flexibility index (Phi) is 3.46. The smallest absolute Gasteiger partial charge is 0.0975 e. The Balaban J connectivity index is 2.29. The van der Waals surface area contributed by atoms with Gasteiger partial charge in [0.2, 0.25) is 0 Å². The summed E-state index contributed by atoms with van der Waals surface area (Å²) >= 11 is 0. The number of nitrogens with zero attached hydrogens (tertiary/aromatic N) is 1. The monoisotopic (exact) mass is 173 g/mol. The number of piperidine rings is 1. The Hall–Kier alpha value is -0.160. The lowest BCUT2D eigenvalue weighted by Gasteiger charge is -2.38. The molecule has 4 heteroatoms. The van der Waals surface area contributed by atoms with E-state index in [-0.39, 0.29) is 0 Å². The minimum Gasteiger partial charge on any atom is -0.261 e. The summed E-state index contributed by atoms with van der Waals surface area (Å²) in [5, 5.41) is 0. The molecule has 1 aliphatic rings. The quantitative estimate of drug-likeness (QED) is 0.396. The molecule has 1 fully saturated rings. The van der Waals surface area contributed by atoms with Crippen LogP contribution >= 0.6 is 0 Å². The van der Waals surface area contributed by atoms with Gasteiger partial charge in [-0.3, -0.25) is 10.9 Å². The highest BCUT2D eigenvalue weighted by atomic mass is 15.6. The Morgan fingerprint density at radius 1 is 1.17 bits per heavy atom. The summed E-state index contributed by atoms with van der Waals surface area (Å²) in [6.45, 7) is 2.41. The molecule has 0 aliphatic carbocycles. The van der Waals surface area contributed by atoms with Gasteiger partial charge in [-0.1, -0.05) is 0 Å². The maximum Gasteiger partial charge on any atom is 0.0975 e. The molecule has 0 aromatic heterocycles. The van der Waals surface area contributed by atoms with Gasteiger partial charge >= 0.3 is 0 Å². The number of rotatable bonds is 3. The van der Waals surface area contributed by atoms with Crippen LogP contribution in [0.1, 0.15) is 12.8 Å². The zero-order valence-corrected chi connectivity index (χ0v) is 8.35. The average Bonchev–Trinajstić information content (AvgIpc) is 2.10. The van der Waals surface area contributed by atoms with E-state index in [0.717, 1.165) is 4.59 Å². The number of quaternary nitrogens is 1. The summed E-state index contributed by atoms with van der Waals surface area (Å²) < 4.78 is 1.00. The largest absolute Gasteiger partial charge is 0.261 e. The van der Waals surface area contributed by atoms with Crippen LogP contribution in [0.25, 0.3) is 0 Å². The molecule has 12 heavy (non-hydrogen) atoms. The number of likely N-dealkylation sites (tertiary alicyclic amines) is 1. The summed E-state index contributed by atoms with van der Waals surface area (Å²) in [6, 6.07) is 0.648. The van der Waals surface area contributed by atoms with E-state index in [1.54, 1.807) is 0 Å². The van der Waals surface area contributed by atoms with E-state index in [4.69, 9.17) is 0 Å². The predicted molar refractivity (Wildman–Crippen MR) is 50.2 cm³/mol. The first-order valence-electron chi connectivity index (χ1n) is 4.66. The fourth-order valence-electron chi connectivity index (χ4n) is 1.71. The number of hydrogen-bond acceptors (Lipinski definition) is 3. The van der Waals surface area contributed by atoms with Crippen LogP contribution in [0.2, 0.25) is 0 Å². The van der Waals surface area contributed by atoms with Crippen molar-refractivity contribution in [3.05, 3.63) is 0 Å². The third-order valence-electron chi connectivity index (χ3n) is 2.83. The van der Waals surface area contributed by atoms with Crippen molar-refractivity contribution in [2.24, 2.45) is 0 Å². The Bertz CT molecular complexity index is 129. The third kappa shape index (κ3) is 2.42. The highest BCUT2D eigenvalue weighted by Crippen LogP contribution is 2.12. The number of hydrazine groups is 1. The minimum absolute atomic E-state index is 0.648. The molecule has 0 atom stereocenters. The van der Waals surface area contributed by atoms with Gasteiger partial charge in [-0.25, -0.2) is 4.59 Å². The van der Waals surface area contributed by atoms with Crippen LogP contribution in [-0.4, -0.2) is 44.9 Å². The topological polar surface area (TPSA) is 36.1 Å². The van der Waals surface area contributed by atoms with Crippen LogP contribution in [0.15, 0.2) is 0 Å². The molecule has 0 aromatic carbocycles. The molecule has 0 radical (unpaired) electrons. The van der Waals surface area contributed by atoms with Gasteiger partial charge < -0.3 is 0 Å². The molecule has 0 saturated carbocycles. The minimum atomic E-state index is 0.648. The van der Waals surface area contributed by atoms with Crippen LogP contribution in [0.3, 0.4) is 0 Å². The highest BCUT2D eigenvalue weighted by Gasteiger charge is 2.28. The molecule has 1 rings (SSSR count). The van der Waals surface area contributed by atoms with Crippen molar-refractivity contribution >= 4 is 0 Å². The van der Waals surface area contributed by atoms with Gasteiger partial charge in [-0.05, 0) is 7.05 Å². The van der Waals surface area contributed by atoms with Gasteiger partial charge in [-0.2, -0.15) is 5.43 Å². The van der Waals surface area contributed by atoms with E-state index in [0.29, 0.717) is 6.04 Å². The maximum absolute atomic E-state index is 3.33. The second-order valence-electron chi connectivity index (χ2n) is 3.74. The molecule has 0 amide bonds. The summed E-state index contributed by atoms with van der Waals surface area (Å²) in [5.41, 5.74) is 9.60. The molecule has 0 spiro atoms. The standard InChI is InChI=1S/C8H21N4/c1-9-11-8-4-6-12(3,10-2)7-5-8/h8-11H,4-7H2,1-3H3/q+1. The van der Waals surface area contributed by atoms with E-state index in [1.807, 2.05) is 14.1 Å². The Morgan fingerprint density at radius 3 is 2.17 bits per heavy atom. The van der Waals surface area contributed by atoms with Gasteiger partial charge in [0.15, 0.2) is 0 Å². The molecule has 0 unspecified atom stereocenters. The number of hydrogen-bond donors (Lipinski definition) is 3. The molecule has 1 heterocycles. The number of nitrogens with one attached hydrogen (secondary N) is 3. The zero-order chi connectivity index (χ0) is 9.03. The van der Waals surface area contributed by atoms with Crippen LogP contribution < -0.4 is 16.3 Å². The van der Waals surface area contributed by atoms with E-state index < -0.39 is 0 Å². The van der Waals surface area contributed by atoms with Gasteiger partial charge in [0, 0.05) is 25.9 Å². The van der Waals surface area contributed by atoms with E-state index in [2.05, 4.69) is 23.3 Å². The molecule has 72 valence electrons. The molecule has 0 aromatic rings. The molecule has 4 nitrogen and oxygen atoms in total. The first kappa shape index (κ1) is 9.92. The third-order valence-corrected chi connectivity index (χ3v) is 2.83. The van der Waals surface area contributed by atoms with Crippen molar-refractivity contribution in [3.63, 3.8) is 0 Å². The van der Waals surface area contributed by atoms with Crippen molar-refractivity contribution in [1.82, 2.24) is 16.3 Å². The van der Waals surface area contributed by atoms with E-state index in [9.17, 15) is 0 Å². The van der Waals surface area contributed by atoms with Gasteiger partial charge in [0.05, 0.1) is 20.1 Å². The van der Waals surface area contributed by atoms with Crippen molar-refractivity contribution in [2.75, 3.05) is 34.2 Å². The molecular weight excluding hydrogens is 152 g/mol. The molecular formula is C8H21N4+. The lowest BCUT2D eigenvalue weighted by Crippen LogP contribution is -2.60. The van der Waals surface area contributed by atoms with Gasteiger partial charge in [-0.15, -0.1) is 0 Å². The predicted octanol–water partition coefficient (Wildman–Crippen LogP) is -0.546. The second-order valence-corrected chi connectivity index (χ2v) is 3.74. The van der Waals surface area contributed by atoms with Crippen LogP contribution in [-0.2, 0) is 0 Å². The lowest BCUT2D eigenvalue weighted by molar-refractivity contribution is -0.954. The van der Waals surface area contributed by atoms with Gasteiger partial charge in [0.1, 0.15) is 0 Å². The maximum atomic E-state index is 3.33. The summed E-state index contributed by atoms with van der Waals surface area (Å²) in [4.78, 5) is 0. The van der Waals surface area contributed by atoms with E-state index >= 15 is 0 Å². The van der Waals surface area contributed by atoms with Crippen molar-refractivity contribution < 1.29 is 4.59 Å². The zero-order valence-electron chi connectivity index (χ0n) is 8.35. The van der Waals surface area contributed by atoms with E-state index in [1.165, 1.54) is 25.9 Å². The van der Waals surface area contributed by atoms with Gasteiger partial charge in [0.25, 0.3) is 0 Å². The van der Waals surface area contributed by atoms with Crippen molar-refractivity contribution in [3.8, 4) is 0 Å². The van der Waals surface area contributed by atoms with Crippen LogP contribution in [0.5, 0.6) is 0 Å². The molecule has 0 bridgehead atoms. The fraction of sp³-hybridized carbons (Fsp3) is 1.00. The fourth-order valence-corrected chi connectivity index (χ4v) is 1.71. The Labute approximate surface area is 74.8 Å². The lowest BCUT2D eigenvalue weighted by atomic mass is 10.1. The molecule has 1 saturated heterocycles. The highest BCUT2D eigenvalue weighted by molar-refractivity contribution is 4.67. The van der Waals surface area contributed by atoms with Crippen molar-refractivity contribution in [1.29, 1.82) is 0 Å². The SMILES string of the molecule is CNNC1CC[N+](C)(NC)CC1.